The zero-order chi connectivity index (χ0) is 24.5. The Morgan fingerprint density at radius 3 is 2.80 bits per heavy atom. The van der Waals surface area contributed by atoms with Gasteiger partial charge in [-0.1, -0.05) is 47.5 Å². The number of halogens is 2. The molecule has 10 heteroatoms. The highest BCUT2D eigenvalue weighted by molar-refractivity contribution is 7.14. The molecular weight excluding hydrogens is 507 g/mol. The number of benzene rings is 2. The lowest BCUT2D eigenvalue weighted by atomic mass is 9.96. The molecule has 1 aliphatic rings. The van der Waals surface area contributed by atoms with Gasteiger partial charge in [0.25, 0.3) is 5.91 Å². The molecule has 0 fully saturated rings. The molecule has 1 amide bonds. The number of hydrogen-bond donors (Lipinski definition) is 1. The van der Waals surface area contributed by atoms with Crippen LogP contribution in [0.15, 0.2) is 47.8 Å². The van der Waals surface area contributed by atoms with E-state index in [-0.39, 0.29) is 0 Å². The lowest BCUT2D eigenvalue weighted by Crippen LogP contribution is -2.30. The van der Waals surface area contributed by atoms with Gasteiger partial charge in [-0.05, 0) is 25.2 Å². The van der Waals surface area contributed by atoms with Crippen LogP contribution < -0.4 is 5.32 Å². The van der Waals surface area contributed by atoms with E-state index >= 15 is 0 Å². The van der Waals surface area contributed by atoms with E-state index in [1.54, 1.807) is 23.6 Å². The molecule has 0 bridgehead atoms. The van der Waals surface area contributed by atoms with Gasteiger partial charge in [-0.15, -0.1) is 11.3 Å². The lowest BCUT2D eigenvalue weighted by molar-refractivity contribution is -0.119. The van der Waals surface area contributed by atoms with Gasteiger partial charge >= 0.3 is 5.97 Å². The van der Waals surface area contributed by atoms with Crippen molar-refractivity contribution in [1.29, 1.82) is 0 Å². The number of para-hydroxylation sites is 1. The fourth-order valence-corrected chi connectivity index (χ4v) is 5.07. The standard InChI is InChI=1S/C25H20Cl2N4O3S/c1-31-9-8-20-16(11-31)23(15-4-2-3-5-19(15)28-20)24(33)34-12-22(32)30-25-29-21(13-35-25)14-6-7-17(26)18(27)10-14/h2-7,10,13H,8-9,11-12H2,1H3,(H,29,30,32). The van der Waals surface area contributed by atoms with Crippen LogP contribution >= 0.6 is 34.5 Å². The summed E-state index contributed by atoms with van der Waals surface area (Å²) in [5, 5.41) is 6.47. The van der Waals surface area contributed by atoms with Crippen molar-refractivity contribution in [2.24, 2.45) is 0 Å². The van der Waals surface area contributed by atoms with Crippen LogP contribution in [-0.4, -0.2) is 46.9 Å². The molecule has 2 aromatic carbocycles. The van der Waals surface area contributed by atoms with Crippen LogP contribution in [0.4, 0.5) is 5.13 Å². The van der Waals surface area contributed by atoms with Crippen molar-refractivity contribution < 1.29 is 14.3 Å². The fraction of sp³-hybridized carbons (Fsp3) is 0.200. The third-order valence-corrected chi connectivity index (χ3v) is 7.24. The largest absolute Gasteiger partial charge is 0.452 e. The van der Waals surface area contributed by atoms with E-state index < -0.39 is 18.5 Å². The van der Waals surface area contributed by atoms with E-state index in [0.717, 1.165) is 40.7 Å². The van der Waals surface area contributed by atoms with E-state index in [4.69, 9.17) is 32.9 Å². The highest BCUT2D eigenvalue weighted by Gasteiger charge is 2.26. The van der Waals surface area contributed by atoms with Crippen molar-refractivity contribution in [2.45, 2.75) is 13.0 Å². The highest BCUT2D eigenvalue weighted by Crippen LogP contribution is 2.31. The first-order valence-corrected chi connectivity index (χ1v) is 12.5. The molecule has 3 heterocycles. The number of likely N-dealkylation sites (N-methyl/N-ethyl adjacent to an activating group) is 1. The normalized spacial score (nSPS) is 13.5. The average Bonchev–Trinajstić information content (AvgIpc) is 3.31. The van der Waals surface area contributed by atoms with Gasteiger partial charge in [0.2, 0.25) is 0 Å². The number of fused-ring (bicyclic) bond motifs is 2. The Labute approximate surface area is 215 Å². The molecule has 178 valence electrons. The number of amides is 1. The van der Waals surface area contributed by atoms with Gasteiger partial charge in [0.05, 0.1) is 26.8 Å². The summed E-state index contributed by atoms with van der Waals surface area (Å²) in [6.07, 6.45) is 0.753. The van der Waals surface area contributed by atoms with Crippen LogP contribution in [0.2, 0.25) is 10.0 Å². The summed E-state index contributed by atoms with van der Waals surface area (Å²) in [7, 11) is 2.00. The van der Waals surface area contributed by atoms with Crippen molar-refractivity contribution in [3.8, 4) is 11.3 Å². The fourth-order valence-electron chi connectivity index (χ4n) is 4.04. The minimum Gasteiger partial charge on any atom is -0.452 e. The Balaban J connectivity index is 1.30. The third kappa shape index (κ3) is 5.01. The second kappa shape index (κ2) is 9.91. The molecule has 7 nitrogen and oxygen atoms in total. The van der Waals surface area contributed by atoms with Gasteiger partial charge < -0.3 is 9.64 Å². The SMILES string of the molecule is CN1CCc2nc3ccccc3c(C(=O)OCC(=O)Nc3nc(-c4ccc(Cl)c(Cl)c4)cs3)c2C1. The van der Waals surface area contributed by atoms with E-state index in [0.29, 0.717) is 33.0 Å². The summed E-state index contributed by atoms with van der Waals surface area (Å²) in [6, 6.07) is 12.7. The van der Waals surface area contributed by atoms with Gasteiger partial charge in [-0.3, -0.25) is 15.1 Å². The number of ether oxygens (including phenoxy) is 1. The van der Waals surface area contributed by atoms with Crippen LogP contribution in [0.25, 0.3) is 22.2 Å². The maximum atomic E-state index is 13.2. The molecule has 0 spiro atoms. The third-order valence-electron chi connectivity index (χ3n) is 5.74. The summed E-state index contributed by atoms with van der Waals surface area (Å²) in [6.45, 7) is 1.04. The predicted molar refractivity (Wildman–Crippen MR) is 138 cm³/mol. The number of pyridine rings is 1. The first-order valence-electron chi connectivity index (χ1n) is 10.9. The zero-order valence-electron chi connectivity index (χ0n) is 18.7. The summed E-state index contributed by atoms with van der Waals surface area (Å²) >= 11 is 13.3. The summed E-state index contributed by atoms with van der Waals surface area (Å²) in [5.41, 5.74) is 4.40. The van der Waals surface area contributed by atoms with Crippen LogP contribution in [0.3, 0.4) is 0 Å². The van der Waals surface area contributed by atoms with Gasteiger partial charge in [0, 0.05) is 47.1 Å². The Morgan fingerprint density at radius 1 is 1.14 bits per heavy atom. The monoisotopic (exact) mass is 526 g/mol. The van der Waals surface area contributed by atoms with Crippen LogP contribution in [0.5, 0.6) is 0 Å². The molecular formula is C25H20Cl2N4O3S. The first-order chi connectivity index (χ1) is 16.9. The van der Waals surface area contributed by atoms with Crippen molar-refractivity contribution in [3.63, 3.8) is 0 Å². The lowest BCUT2D eigenvalue weighted by Gasteiger charge is -2.26. The Hall–Kier alpha value is -3.04. The van der Waals surface area contributed by atoms with Gasteiger partial charge in [0.15, 0.2) is 11.7 Å². The quantitative estimate of drug-likeness (QED) is 0.348. The Morgan fingerprint density at radius 2 is 1.97 bits per heavy atom. The number of thiazole rings is 1. The molecule has 4 aromatic rings. The number of esters is 1. The van der Waals surface area contributed by atoms with E-state index in [2.05, 4.69) is 15.2 Å². The van der Waals surface area contributed by atoms with Crippen molar-refractivity contribution in [2.75, 3.05) is 25.5 Å². The zero-order valence-corrected chi connectivity index (χ0v) is 21.0. The molecule has 0 saturated carbocycles. The van der Waals surface area contributed by atoms with Gasteiger partial charge in [0.1, 0.15) is 0 Å². The first kappa shape index (κ1) is 23.7. The number of nitrogens with zero attached hydrogens (tertiary/aromatic N) is 3. The molecule has 2 aromatic heterocycles. The van der Waals surface area contributed by atoms with Crippen LogP contribution in [-0.2, 0) is 22.5 Å². The number of aromatic nitrogens is 2. The molecule has 0 unspecified atom stereocenters. The molecule has 1 aliphatic heterocycles. The second-order valence-electron chi connectivity index (χ2n) is 8.21. The number of rotatable bonds is 5. The second-order valence-corrected chi connectivity index (χ2v) is 9.88. The van der Waals surface area contributed by atoms with E-state index in [1.165, 1.54) is 11.3 Å². The van der Waals surface area contributed by atoms with Gasteiger partial charge in [-0.25, -0.2) is 9.78 Å². The van der Waals surface area contributed by atoms with Crippen molar-refractivity contribution in [3.05, 3.63) is 74.7 Å². The maximum absolute atomic E-state index is 13.2. The molecule has 0 atom stereocenters. The summed E-state index contributed by atoms with van der Waals surface area (Å²) in [4.78, 5) is 37.0. The smallest absolute Gasteiger partial charge is 0.339 e. The topological polar surface area (TPSA) is 84.4 Å². The number of carbonyl (C=O) groups is 2. The van der Waals surface area contributed by atoms with E-state index in [9.17, 15) is 9.59 Å². The minimum absolute atomic E-state index is 0.389. The highest BCUT2D eigenvalue weighted by atomic mass is 35.5. The number of hydrogen-bond acceptors (Lipinski definition) is 7. The van der Waals surface area contributed by atoms with Crippen LogP contribution in [0, 0.1) is 0 Å². The Bertz CT molecular complexity index is 1460. The van der Waals surface area contributed by atoms with E-state index in [1.807, 2.05) is 31.3 Å². The van der Waals surface area contributed by atoms with Crippen LogP contribution in [0.1, 0.15) is 21.6 Å². The predicted octanol–water partition coefficient (Wildman–Crippen LogP) is 5.45. The molecule has 5 rings (SSSR count). The van der Waals surface area contributed by atoms with Gasteiger partial charge in [-0.2, -0.15) is 0 Å². The molecule has 0 radical (unpaired) electrons. The summed E-state index contributed by atoms with van der Waals surface area (Å²) in [5.74, 6) is -1.02. The number of nitrogens with one attached hydrogen (secondary N) is 1. The molecule has 35 heavy (non-hydrogen) atoms. The Kier molecular flexibility index (Phi) is 6.71. The van der Waals surface area contributed by atoms with Crippen molar-refractivity contribution in [1.82, 2.24) is 14.9 Å². The molecule has 0 saturated heterocycles. The maximum Gasteiger partial charge on any atom is 0.339 e. The number of carbonyl (C=O) groups excluding carboxylic acids is 2. The number of anilines is 1. The molecule has 0 aliphatic carbocycles. The summed E-state index contributed by atoms with van der Waals surface area (Å²) < 4.78 is 5.44. The molecule has 1 N–H and O–H groups in total. The minimum atomic E-state index is -0.541. The average molecular weight is 527 g/mol. The van der Waals surface area contributed by atoms with Crippen molar-refractivity contribution >= 4 is 62.4 Å².